The molecule has 1 aromatic rings. The number of nitrogens with one attached hydrogen (secondary N) is 1. The number of nitrogens with two attached hydrogens (primary N) is 1. The van der Waals surface area contributed by atoms with E-state index in [9.17, 15) is 19.5 Å². The lowest BCUT2D eigenvalue weighted by Crippen LogP contribution is -2.70. The Bertz CT molecular complexity index is 734. The molecule has 1 aromatic carbocycles. The Labute approximate surface area is 149 Å². The molecule has 2 saturated heterocycles. The van der Waals surface area contributed by atoms with Crippen molar-refractivity contribution in [1.82, 2.24) is 10.2 Å². The summed E-state index contributed by atoms with van der Waals surface area (Å²) in [6, 6.07) is 3.93. The van der Waals surface area contributed by atoms with Gasteiger partial charge >= 0.3 is 0 Å². The van der Waals surface area contributed by atoms with E-state index in [4.69, 9.17) is 5.73 Å². The molecule has 0 bridgehead atoms. The Hall–Kier alpha value is -2.06. The molecule has 7 nitrogen and oxygen atoms in total. The van der Waals surface area contributed by atoms with Crippen molar-refractivity contribution in [3.8, 4) is 5.75 Å². The Morgan fingerprint density at radius 1 is 1.32 bits per heavy atom. The number of hydrogen-bond donors (Lipinski definition) is 3. The van der Waals surface area contributed by atoms with Gasteiger partial charge in [0.05, 0.1) is 0 Å². The predicted octanol–water partition coefficient (Wildman–Crippen LogP) is 0.528. The molecule has 25 heavy (non-hydrogen) atoms. The third-order valence-electron chi connectivity index (χ3n) is 4.66. The zero-order valence-corrected chi connectivity index (χ0v) is 15.0. The van der Waals surface area contributed by atoms with Crippen LogP contribution in [0.1, 0.15) is 32.4 Å². The van der Waals surface area contributed by atoms with E-state index in [1.165, 1.54) is 30.8 Å². The van der Waals surface area contributed by atoms with Crippen LogP contribution in [0.3, 0.4) is 0 Å². The Kier molecular flexibility index (Phi) is 4.28. The van der Waals surface area contributed by atoms with Crippen LogP contribution in [0, 0.1) is 0 Å². The maximum atomic E-state index is 12.5. The molecule has 0 radical (unpaired) electrons. The van der Waals surface area contributed by atoms with Gasteiger partial charge in [0.2, 0.25) is 11.8 Å². The third kappa shape index (κ3) is 2.89. The normalized spacial score (nSPS) is 28.1. The minimum Gasteiger partial charge on any atom is -0.508 e. The number of ketones is 1. The molecular formula is C17H21N3O4S. The summed E-state index contributed by atoms with van der Waals surface area (Å²) in [5.74, 6) is -0.692. The van der Waals surface area contributed by atoms with Crippen molar-refractivity contribution >= 4 is 29.4 Å². The number of Topliss-reactive ketones (excluding diaryl/α,β-unsaturated/α-hetero) is 1. The van der Waals surface area contributed by atoms with Crippen LogP contribution in [0.2, 0.25) is 0 Å². The van der Waals surface area contributed by atoms with Gasteiger partial charge in [0.15, 0.2) is 5.78 Å². The zero-order valence-electron chi connectivity index (χ0n) is 14.2. The van der Waals surface area contributed by atoms with Crippen LogP contribution in [0.5, 0.6) is 5.75 Å². The number of rotatable bonds is 4. The number of carbonyl (C=O) groups excluding carboxylic acids is 3. The van der Waals surface area contributed by atoms with Crippen molar-refractivity contribution < 1.29 is 19.5 Å². The number of aromatic hydroxyl groups is 1. The largest absolute Gasteiger partial charge is 0.508 e. The fourth-order valence-electron chi connectivity index (χ4n) is 3.49. The van der Waals surface area contributed by atoms with Gasteiger partial charge in [-0.25, -0.2) is 0 Å². The van der Waals surface area contributed by atoms with E-state index >= 15 is 0 Å². The first kappa shape index (κ1) is 17.8. The van der Waals surface area contributed by atoms with Gasteiger partial charge in [-0.2, -0.15) is 0 Å². The van der Waals surface area contributed by atoms with Gasteiger partial charge in [-0.1, -0.05) is 12.1 Å². The summed E-state index contributed by atoms with van der Waals surface area (Å²) in [4.78, 5) is 38.3. The van der Waals surface area contributed by atoms with E-state index in [2.05, 4.69) is 5.32 Å². The molecule has 4 N–H and O–H groups in total. The van der Waals surface area contributed by atoms with Gasteiger partial charge in [-0.05, 0) is 38.5 Å². The maximum absolute atomic E-state index is 12.5. The highest BCUT2D eigenvalue weighted by Crippen LogP contribution is 2.50. The number of phenolic OH excluding ortho intramolecular Hbond substituents is 1. The highest BCUT2D eigenvalue weighted by molar-refractivity contribution is 8.01. The molecule has 4 atom stereocenters. The quantitative estimate of drug-likeness (QED) is 0.673. The third-order valence-corrected chi connectivity index (χ3v) is 6.23. The molecule has 134 valence electrons. The van der Waals surface area contributed by atoms with E-state index in [1.807, 2.05) is 13.8 Å². The molecule has 2 fully saturated rings. The standard InChI is InChI=1S/C17H21N3O4S/c1-8(21)13-17(2,3)25-16-12(15(24)20(13)16)19-14(23)11(18)9-4-6-10(22)7-5-9/h4-7,11-13,16,22H,18H2,1-3H3,(H,19,23). The summed E-state index contributed by atoms with van der Waals surface area (Å²) < 4.78 is -0.398. The molecule has 8 heteroatoms. The molecule has 0 aromatic heterocycles. The second-order valence-corrected chi connectivity index (χ2v) is 8.70. The first-order valence-electron chi connectivity index (χ1n) is 7.99. The summed E-state index contributed by atoms with van der Waals surface area (Å²) in [5, 5.41) is 11.7. The van der Waals surface area contributed by atoms with Gasteiger partial charge in [0.1, 0.15) is 29.2 Å². The fraction of sp³-hybridized carbons (Fsp3) is 0.471. The van der Waals surface area contributed by atoms with E-state index in [1.54, 1.807) is 17.0 Å². The topological polar surface area (TPSA) is 113 Å². The lowest BCUT2D eigenvalue weighted by atomic mass is 9.93. The smallest absolute Gasteiger partial charge is 0.249 e. The lowest BCUT2D eigenvalue weighted by molar-refractivity contribution is -0.154. The summed E-state index contributed by atoms with van der Waals surface area (Å²) in [6.07, 6.45) is 0. The minimum absolute atomic E-state index is 0.0566. The molecule has 3 rings (SSSR count). The number of carbonyl (C=O) groups is 3. The molecule has 0 saturated carbocycles. The predicted molar refractivity (Wildman–Crippen MR) is 93.7 cm³/mol. The van der Waals surface area contributed by atoms with Gasteiger partial charge in [-0.15, -0.1) is 11.8 Å². The molecule has 4 unspecified atom stereocenters. The van der Waals surface area contributed by atoms with E-state index in [0.29, 0.717) is 5.56 Å². The summed E-state index contributed by atoms with van der Waals surface area (Å²) in [5.41, 5.74) is 6.49. The number of amides is 2. The lowest BCUT2D eigenvalue weighted by Gasteiger charge is -2.44. The zero-order chi connectivity index (χ0) is 18.5. The average molecular weight is 363 g/mol. The number of β-lactam (4-membered cyclic amide) rings is 1. The monoisotopic (exact) mass is 363 g/mol. The molecular weight excluding hydrogens is 342 g/mol. The van der Waals surface area contributed by atoms with Crippen LogP contribution in [0.4, 0.5) is 0 Å². The molecule has 0 aliphatic carbocycles. The molecule has 2 aliphatic rings. The number of fused-ring (bicyclic) bond motifs is 1. The SMILES string of the molecule is CC(=O)C1N2C(=O)C(NC(=O)C(N)c3ccc(O)cc3)C2SC1(C)C. The van der Waals surface area contributed by atoms with Crippen molar-refractivity contribution in [1.29, 1.82) is 0 Å². The van der Waals surface area contributed by atoms with Gasteiger partial charge in [0, 0.05) is 4.75 Å². The van der Waals surface area contributed by atoms with Crippen molar-refractivity contribution in [3.63, 3.8) is 0 Å². The van der Waals surface area contributed by atoms with Gasteiger partial charge in [-0.3, -0.25) is 14.4 Å². The second kappa shape index (κ2) is 6.03. The van der Waals surface area contributed by atoms with Gasteiger partial charge < -0.3 is 21.1 Å². The Morgan fingerprint density at radius 3 is 2.48 bits per heavy atom. The van der Waals surface area contributed by atoms with Crippen LogP contribution in [0.25, 0.3) is 0 Å². The van der Waals surface area contributed by atoms with Crippen LogP contribution in [-0.2, 0) is 14.4 Å². The number of hydrogen-bond acceptors (Lipinski definition) is 6. The van der Waals surface area contributed by atoms with Crippen LogP contribution in [0.15, 0.2) is 24.3 Å². The van der Waals surface area contributed by atoms with E-state index in [0.717, 1.165) is 0 Å². The minimum atomic E-state index is -0.939. The van der Waals surface area contributed by atoms with Crippen LogP contribution >= 0.6 is 11.8 Å². The summed E-state index contributed by atoms with van der Waals surface area (Å²) in [6.45, 7) is 5.34. The Balaban J connectivity index is 1.70. The van der Waals surface area contributed by atoms with E-state index < -0.39 is 28.8 Å². The Morgan fingerprint density at radius 2 is 1.92 bits per heavy atom. The molecule has 2 aliphatic heterocycles. The number of thioether (sulfide) groups is 1. The van der Waals surface area contributed by atoms with Crippen molar-refractivity contribution in [2.75, 3.05) is 0 Å². The second-order valence-electron chi connectivity index (χ2n) is 6.93. The number of benzene rings is 1. The summed E-state index contributed by atoms with van der Waals surface area (Å²) >= 11 is 1.51. The summed E-state index contributed by atoms with van der Waals surface area (Å²) in [7, 11) is 0. The van der Waals surface area contributed by atoms with Crippen LogP contribution in [-0.4, -0.2) is 49.8 Å². The fourth-order valence-corrected chi connectivity index (χ4v) is 5.18. The average Bonchev–Trinajstić information content (AvgIpc) is 2.80. The molecule has 0 spiro atoms. The number of nitrogens with zero attached hydrogens (tertiary/aromatic N) is 1. The first-order chi connectivity index (χ1) is 11.6. The highest BCUT2D eigenvalue weighted by atomic mass is 32.2. The van der Waals surface area contributed by atoms with Crippen molar-refractivity contribution in [2.24, 2.45) is 5.73 Å². The highest BCUT2D eigenvalue weighted by Gasteiger charge is 2.63. The van der Waals surface area contributed by atoms with E-state index in [-0.39, 0.29) is 22.8 Å². The van der Waals surface area contributed by atoms with Gasteiger partial charge in [0.25, 0.3) is 0 Å². The molecule has 2 amide bonds. The number of phenols is 1. The molecule has 2 heterocycles. The van der Waals surface area contributed by atoms with Crippen molar-refractivity contribution in [2.45, 2.75) is 49.0 Å². The first-order valence-corrected chi connectivity index (χ1v) is 8.87. The van der Waals surface area contributed by atoms with Crippen LogP contribution < -0.4 is 11.1 Å². The van der Waals surface area contributed by atoms with Crippen molar-refractivity contribution in [3.05, 3.63) is 29.8 Å². The maximum Gasteiger partial charge on any atom is 0.249 e.